The number of hydrogen-bond acceptors (Lipinski definition) is 5. The van der Waals surface area contributed by atoms with Crippen LogP contribution in [0.25, 0.3) is 0 Å². The minimum absolute atomic E-state index is 0.187. The molecule has 0 radical (unpaired) electrons. The van der Waals surface area contributed by atoms with Gasteiger partial charge in [-0.3, -0.25) is 4.68 Å². The fourth-order valence-electron chi connectivity index (χ4n) is 1.81. The number of aliphatic hydroxyl groups excluding tert-OH is 1. The van der Waals surface area contributed by atoms with Crippen molar-refractivity contribution < 1.29 is 5.11 Å². The summed E-state index contributed by atoms with van der Waals surface area (Å²) in [6, 6.07) is 0.187. The summed E-state index contributed by atoms with van der Waals surface area (Å²) in [6.45, 7) is 6.06. The van der Waals surface area contributed by atoms with E-state index in [0.717, 1.165) is 27.2 Å². The molecule has 2 rings (SSSR count). The molecular formula is C11H15BrN4OS. The summed E-state index contributed by atoms with van der Waals surface area (Å²) < 4.78 is 6.53. The van der Waals surface area contributed by atoms with Crippen LogP contribution in [0, 0.1) is 0 Å². The van der Waals surface area contributed by atoms with Gasteiger partial charge in [0, 0.05) is 6.04 Å². The van der Waals surface area contributed by atoms with Crippen molar-refractivity contribution in [2.45, 2.75) is 39.3 Å². The molecule has 0 aromatic carbocycles. The highest BCUT2D eigenvalue weighted by Crippen LogP contribution is 2.33. The Hall–Kier alpha value is -0.790. The predicted molar refractivity (Wildman–Crippen MR) is 73.7 cm³/mol. The van der Waals surface area contributed by atoms with Crippen LogP contribution >= 0.6 is 27.5 Å². The Morgan fingerprint density at radius 1 is 1.50 bits per heavy atom. The van der Waals surface area contributed by atoms with Gasteiger partial charge in [-0.25, -0.2) is 0 Å². The fraction of sp³-hybridized carbons (Fsp3) is 0.545. The monoisotopic (exact) mass is 330 g/mol. The third kappa shape index (κ3) is 2.34. The molecule has 7 heteroatoms. The van der Waals surface area contributed by atoms with E-state index in [1.165, 1.54) is 11.5 Å². The molecule has 0 aliphatic heterocycles. The first-order valence-corrected chi connectivity index (χ1v) is 7.35. The number of rotatable bonds is 4. The van der Waals surface area contributed by atoms with E-state index in [-0.39, 0.29) is 6.04 Å². The van der Waals surface area contributed by atoms with Gasteiger partial charge in [-0.05, 0) is 47.7 Å². The van der Waals surface area contributed by atoms with Crippen molar-refractivity contribution in [1.82, 2.24) is 19.4 Å². The Kier molecular flexibility index (Phi) is 4.14. The summed E-state index contributed by atoms with van der Waals surface area (Å²) in [5.41, 5.74) is 1.60. The maximum atomic E-state index is 10.5. The van der Waals surface area contributed by atoms with Crippen LogP contribution in [-0.4, -0.2) is 24.5 Å². The Bertz CT molecular complexity index is 537. The third-order valence-electron chi connectivity index (χ3n) is 2.70. The van der Waals surface area contributed by atoms with Gasteiger partial charge in [-0.2, -0.15) is 5.10 Å². The molecule has 0 fully saturated rings. The molecule has 0 saturated carbocycles. The minimum Gasteiger partial charge on any atom is -0.381 e. The summed E-state index contributed by atoms with van der Waals surface area (Å²) in [5.74, 6) is 0. The molecule has 0 amide bonds. The molecule has 1 N–H and O–H groups in total. The summed E-state index contributed by atoms with van der Waals surface area (Å²) in [4.78, 5) is 0.792. The zero-order valence-electron chi connectivity index (χ0n) is 10.5. The van der Waals surface area contributed by atoms with E-state index in [4.69, 9.17) is 0 Å². The number of nitrogens with zero attached hydrogens (tertiary/aromatic N) is 4. The normalized spacial score (nSPS) is 13.2. The zero-order valence-corrected chi connectivity index (χ0v) is 12.9. The largest absolute Gasteiger partial charge is 0.381 e. The smallest absolute Gasteiger partial charge is 0.134 e. The highest BCUT2D eigenvalue weighted by Gasteiger charge is 2.25. The summed E-state index contributed by atoms with van der Waals surface area (Å²) in [7, 11) is 0. The molecule has 98 valence electrons. The summed E-state index contributed by atoms with van der Waals surface area (Å²) in [6.07, 6.45) is 1.73. The Labute approximate surface area is 118 Å². The van der Waals surface area contributed by atoms with E-state index in [0.29, 0.717) is 0 Å². The minimum atomic E-state index is -0.737. The van der Waals surface area contributed by atoms with Gasteiger partial charge in [-0.15, -0.1) is 5.10 Å². The van der Waals surface area contributed by atoms with E-state index in [9.17, 15) is 5.11 Å². The lowest BCUT2D eigenvalue weighted by Gasteiger charge is -2.15. The van der Waals surface area contributed by atoms with Crippen molar-refractivity contribution in [2.24, 2.45) is 0 Å². The van der Waals surface area contributed by atoms with Crippen molar-refractivity contribution >= 4 is 27.5 Å². The fourth-order valence-corrected chi connectivity index (χ4v) is 3.03. The molecule has 0 aliphatic rings. The number of hydrogen-bond donors (Lipinski definition) is 1. The maximum Gasteiger partial charge on any atom is 0.134 e. The van der Waals surface area contributed by atoms with Crippen molar-refractivity contribution in [3.05, 3.63) is 26.9 Å². The quantitative estimate of drug-likeness (QED) is 0.936. The van der Waals surface area contributed by atoms with Gasteiger partial charge in [0.2, 0.25) is 0 Å². The molecule has 18 heavy (non-hydrogen) atoms. The molecule has 1 unspecified atom stereocenters. The van der Waals surface area contributed by atoms with Crippen LogP contribution in [-0.2, 0) is 6.42 Å². The lowest BCUT2D eigenvalue weighted by atomic mass is 10.1. The lowest BCUT2D eigenvalue weighted by Crippen LogP contribution is -2.12. The molecule has 0 saturated heterocycles. The molecule has 0 spiro atoms. The van der Waals surface area contributed by atoms with E-state index < -0.39 is 6.10 Å². The molecule has 2 aromatic rings. The third-order valence-corrected chi connectivity index (χ3v) is 4.13. The number of aromatic nitrogens is 4. The maximum absolute atomic E-state index is 10.5. The van der Waals surface area contributed by atoms with Crippen LogP contribution < -0.4 is 0 Å². The van der Waals surface area contributed by atoms with Gasteiger partial charge in [0.25, 0.3) is 0 Å². The first kappa shape index (κ1) is 13.6. The van der Waals surface area contributed by atoms with Crippen molar-refractivity contribution in [2.75, 3.05) is 0 Å². The average Bonchev–Trinajstić information content (AvgIpc) is 2.93. The average molecular weight is 331 g/mol. The van der Waals surface area contributed by atoms with Gasteiger partial charge in [0.1, 0.15) is 6.10 Å². The van der Waals surface area contributed by atoms with Gasteiger partial charge >= 0.3 is 0 Å². The first-order valence-electron chi connectivity index (χ1n) is 5.78. The van der Waals surface area contributed by atoms with Gasteiger partial charge < -0.3 is 5.11 Å². The molecule has 5 nitrogen and oxygen atoms in total. The topological polar surface area (TPSA) is 63.8 Å². The van der Waals surface area contributed by atoms with Crippen LogP contribution in [0.15, 0.2) is 10.7 Å². The highest BCUT2D eigenvalue weighted by atomic mass is 79.9. The summed E-state index contributed by atoms with van der Waals surface area (Å²) >= 11 is 4.68. The number of aryl methyl sites for hydroxylation is 1. The van der Waals surface area contributed by atoms with E-state index >= 15 is 0 Å². The van der Waals surface area contributed by atoms with Crippen LogP contribution in [0.4, 0.5) is 0 Å². The van der Waals surface area contributed by atoms with E-state index in [1.807, 2.05) is 25.5 Å². The van der Waals surface area contributed by atoms with Crippen LogP contribution in [0.1, 0.15) is 49.2 Å². The Morgan fingerprint density at radius 3 is 2.83 bits per heavy atom. The van der Waals surface area contributed by atoms with Crippen molar-refractivity contribution in [3.63, 3.8) is 0 Å². The molecule has 0 aliphatic carbocycles. The first-order chi connectivity index (χ1) is 8.56. The van der Waals surface area contributed by atoms with Crippen LogP contribution in [0.2, 0.25) is 0 Å². The van der Waals surface area contributed by atoms with Crippen LogP contribution in [0.5, 0.6) is 0 Å². The van der Waals surface area contributed by atoms with Crippen molar-refractivity contribution in [3.8, 4) is 0 Å². The Balaban J connectivity index is 2.45. The van der Waals surface area contributed by atoms with Gasteiger partial charge in [0.15, 0.2) is 0 Å². The second kappa shape index (κ2) is 5.46. The molecular weight excluding hydrogens is 316 g/mol. The predicted octanol–water partition coefficient (Wildman–Crippen LogP) is 2.72. The van der Waals surface area contributed by atoms with Gasteiger partial charge in [-0.1, -0.05) is 11.4 Å². The van der Waals surface area contributed by atoms with E-state index in [2.05, 4.69) is 30.6 Å². The molecule has 1 atom stereocenters. The van der Waals surface area contributed by atoms with Gasteiger partial charge in [0.05, 0.1) is 26.9 Å². The molecule has 0 bridgehead atoms. The lowest BCUT2D eigenvalue weighted by molar-refractivity contribution is 0.206. The van der Waals surface area contributed by atoms with Crippen molar-refractivity contribution in [1.29, 1.82) is 0 Å². The Morgan fingerprint density at radius 2 is 2.22 bits per heavy atom. The second-order valence-corrected chi connectivity index (χ2v) is 5.90. The molecule has 2 heterocycles. The molecule has 2 aromatic heterocycles. The SMILES string of the molecule is CCc1nnsc1C(O)c1c(Br)cnn1C(C)C. The van der Waals surface area contributed by atoms with Crippen LogP contribution in [0.3, 0.4) is 0 Å². The highest BCUT2D eigenvalue weighted by molar-refractivity contribution is 9.10. The summed E-state index contributed by atoms with van der Waals surface area (Å²) in [5, 5.41) is 18.8. The standard InChI is InChI=1S/C11H15BrN4OS/c1-4-8-11(18-15-14-8)10(17)9-7(12)5-13-16(9)6(2)3/h5-6,10,17H,4H2,1-3H3. The number of halogens is 1. The second-order valence-electron chi connectivity index (χ2n) is 4.26. The number of aliphatic hydroxyl groups is 1. The van der Waals surface area contributed by atoms with E-state index in [1.54, 1.807) is 6.20 Å². The zero-order chi connectivity index (χ0) is 13.3.